The molecule has 2 aromatic carbocycles. The van der Waals surface area contributed by atoms with Gasteiger partial charge in [0.05, 0.1) is 23.4 Å². The van der Waals surface area contributed by atoms with Crippen LogP contribution >= 0.6 is 0 Å². The third-order valence-electron chi connectivity index (χ3n) is 7.25. The molecule has 0 aliphatic carbocycles. The van der Waals surface area contributed by atoms with Gasteiger partial charge in [0.1, 0.15) is 28.3 Å². The number of pyridine rings is 1. The number of benzene rings is 2. The Morgan fingerprint density at radius 3 is 2.47 bits per heavy atom. The molecule has 3 aromatic heterocycles. The van der Waals surface area contributed by atoms with Crippen LogP contribution in [0.1, 0.15) is 49.7 Å². The number of amides is 2. The van der Waals surface area contributed by atoms with E-state index >= 15 is 0 Å². The summed E-state index contributed by atoms with van der Waals surface area (Å²) in [5.41, 5.74) is 3.08. The van der Waals surface area contributed by atoms with Crippen molar-refractivity contribution in [3.8, 4) is 22.6 Å². The second kappa shape index (κ2) is 10.8. The molecule has 222 valence electrons. The molecule has 43 heavy (non-hydrogen) atoms. The molecule has 1 saturated heterocycles. The molecule has 10 heteroatoms. The number of nitrogens with one attached hydrogen (secondary N) is 1. The van der Waals surface area contributed by atoms with Gasteiger partial charge >= 0.3 is 6.09 Å². The second-order valence-corrected chi connectivity index (χ2v) is 11.7. The van der Waals surface area contributed by atoms with Crippen molar-refractivity contribution in [2.45, 2.75) is 51.7 Å². The van der Waals surface area contributed by atoms with E-state index in [9.17, 15) is 18.4 Å². The van der Waals surface area contributed by atoms with Gasteiger partial charge in [0.15, 0.2) is 0 Å². The van der Waals surface area contributed by atoms with E-state index in [2.05, 4.69) is 10.3 Å². The fourth-order valence-corrected chi connectivity index (χ4v) is 5.12. The molecule has 1 fully saturated rings. The number of fused-ring (bicyclic) bond motifs is 2. The fourth-order valence-electron chi connectivity index (χ4n) is 5.12. The Hall–Kier alpha value is -4.73. The number of rotatable bonds is 5. The summed E-state index contributed by atoms with van der Waals surface area (Å²) in [6, 6.07) is 18.7. The molecular weight excluding hydrogens is 556 g/mol. The van der Waals surface area contributed by atoms with Gasteiger partial charge in [0.25, 0.3) is 11.8 Å². The van der Waals surface area contributed by atoms with E-state index < -0.39 is 17.6 Å². The number of carbonyl (C=O) groups excluding carboxylic acids is 2. The number of alkyl carbamates (subject to hydrolysis) is 1. The van der Waals surface area contributed by atoms with Crippen molar-refractivity contribution in [1.29, 1.82) is 0 Å². The van der Waals surface area contributed by atoms with Crippen LogP contribution in [-0.2, 0) is 11.3 Å². The number of halogens is 2. The van der Waals surface area contributed by atoms with E-state index in [1.807, 2.05) is 48.5 Å². The highest BCUT2D eigenvalue weighted by atomic mass is 19.3. The van der Waals surface area contributed by atoms with Crippen LogP contribution in [0.2, 0.25) is 0 Å². The maximum atomic E-state index is 13.6. The molecular formula is C33H31F2N3O5. The van der Waals surface area contributed by atoms with E-state index in [0.29, 0.717) is 33.9 Å². The van der Waals surface area contributed by atoms with Crippen molar-refractivity contribution < 1.29 is 31.9 Å². The highest BCUT2D eigenvalue weighted by Crippen LogP contribution is 2.38. The number of aromatic nitrogens is 1. The molecule has 1 aliphatic heterocycles. The van der Waals surface area contributed by atoms with Crippen LogP contribution in [0.5, 0.6) is 0 Å². The normalized spacial score (nSPS) is 15.1. The predicted molar refractivity (Wildman–Crippen MR) is 158 cm³/mol. The Balaban J connectivity index is 1.32. The highest BCUT2D eigenvalue weighted by Gasteiger charge is 2.35. The fraction of sp³-hybridized carbons (Fsp3) is 0.303. The lowest BCUT2D eigenvalue weighted by Gasteiger charge is -2.31. The number of nitrogens with zero attached hydrogens (tertiary/aromatic N) is 2. The van der Waals surface area contributed by atoms with Crippen molar-refractivity contribution >= 4 is 33.9 Å². The van der Waals surface area contributed by atoms with E-state index in [4.69, 9.17) is 13.6 Å². The van der Waals surface area contributed by atoms with Gasteiger partial charge in [-0.3, -0.25) is 9.78 Å². The molecule has 5 aromatic rings. The Kier molecular flexibility index (Phi) is 7.15. The van der Waals surface area contributed by atoms with Crippen molar-refractivity contribution in [1.82, 2.24) is 15.2 Å². The molecule has 8 nitrogen and oxygen atoms in total. The number of hydrogen-bond acceptors (Lipinski definition) is 6. The van der Waals surface area contributed by atoms with Gasteiger partial charge in [0, 0.05) is 48.5 Å². The summed E-state index contributed by atoms with van der Waals surface area (Å²) >= 11 is 0. The first-order valence-electron chi connectivity index (χ1n) is 14.1. The minimum Gasteiger partial charge on any atom is -0.458 e. The van der Waals surface area contributed by atoms with E-state index in [1.165, 1.54) is 11.1 Å². The van der Waals surface area contributed by atoms with Crippen molar-refractivity contribution in [2.24, 2.45) is 0 Å². The molecule has 0 saturated carbocycles. The lowest BCUT2D eigenvalue weighted by Crippen LogP contribution is -2.42. The van der Waals surface area contributed by atoms with Crippen LogP contribution in [0.25, 0.3) is 44.5 Å². The highest BCUT2D eigenvalue weighted by molar-refractivity contribution is 5.98. The van der Waals surface area contributed by atoms with Crippen molar-refractivity contribution in [2.75, 3.05) is 13.1 Å². The maximum absolute atomic E-state index is 13.6. The standard InChI is InChI=1S/C33H31F2N3O5/c1-32(2,3)43-31(40)37-19-24-15-23-14-22(16-25(29(23)41-24)28-17-20-6-4-5-7-27(20)42-28)26-9-8-21(18-36-26)30(39)38-12-10-33(34,35)11-13-38/h4-9,14-18H,10-13,19H2,1-3H3,(H,37,40). The van der Waals surface area contributed by atoms with Crippen LogP contribution in [0.3, 0.4) is 0 Å². The lowest BCUT2D eigenvalue weighted by molar-refractivity contribution is -0.0494. The van der Waals surface area contributed by atoms with Crippen LogP contribution in [0, 0.1) is 0 Å². The Labute approximate surface area is 246 Å². The topological polar surface area (TPSA) is 97.8 Å². The number of alkyl halides is 2. The average Bonchev–Trinajstić information content (AvgIpc) is 3.58. The zero-order valence-electron chi connectivity index (χ0n) is 24.1. The number of para-hydroxylation sites is 1. The molecule has 1 N–H and O–H groups in total. The summed E-state index contributed by atoms with van der Waals surface area (Å²) in [6.07, 6.45) is 0.244. The molecule has 0 unspecified atom stereocenters. The smallest absolute Gasteiger partial charge is 0.408 e. The van der Waals surface area contributed by atoms with Crippen molar-refractivity contribution in [3.63, 3.8) is 0 Å². The third kappa shape index (κ3) is 6.23. The Bertz CT molecular complexity index is 1780. The molecule has 0 bridgehead atoms. The molecule has 0 radical (unpaired) electrons. The first kappa shape index (κ1) is 28.4. The molecule has 6 rings (SSSR count). The van der Waals surface area contributed by atoms with Gasteiger partial charge in [-0.05, 0) is 63.2 Å². The zero-order valence-corrected chi connectivity index (χ0v) is 24.1. The second-order valence-electron chi connectivity index (χ2n) is 11.7. The summed E-state index contributed by atoms with van der Waals surface area (Å²) in [7, 11) is 0. The van der Waals surface area contributed by atoms with Gasteiger partial charge in [-0.1, -0.05) is 18.2 Å². The van der Waals surface area contributed by atoms with Gasteiger partial charge in [-0.25, -0.2) is 13.6 Å². The summed E-state index contributed by atoms with van der Waals surface area (Å²) in [6.45, 7) is 5.52. The monoisotopic (exact) mass is 587 g/mol. The van der Waals surface area contributed by atoms with E-state index in [-0.39, 0.29) is 38.4 Å². The maximum Gasteiger partial charge on any atom is 0.408 e. The minimum atomic E-state index is -2.73. The zero-order chi connectivity index (χ0) is 30.4. The Morgan fingerprint density at radius 2 is 1.77 bits per heavy atom. The van der Waals surface area contributed by atoms with Crippen LogP contribution in [0.15, 0.2) is 75.7 Å². The van der Waals surface area contributed by atoms with E-state index in [0.717, 1.165) is 21.9 Å². The summed E-state index contributed by atoms with van der Waals surface area (Å²) < 4.78 is 44.8. The Morgan fingerprint density at radius 1 is 1.00 bits per heavy atom. The van der Waals surface area contributed by atoms with Crippen molar-refractivity contribution in [3.05, 3.63) is 78.2 Å². The van der Waals surface area contributed by atoms with Crippen LogP contribution in [-0.4, -0.2) is 46.5 Å². The largest absolute Gasteiger partial charge is 0.458 e. The number of hydrogen-bond donors (Lipinski definition) is 1. The van der Waals surface area contributed by atoms with Gasteiger partial charge < -0.3 is 23.8 Å². The summed E-state index contributed by atoms with van der Waals surface area (Å²) in [5.74, 6) is -1.92. The predicted octanol–water partition coefficient (Wildman–Crippen LogP) is 7.80. The van der Waals surface area contributed by atoms with Gasteiger partial charge in [-0.15, -0.1) is 0 Å². The molecule has 2 amide bonds. The van der Waals surface area contributed by atoms with Gasteiger partial charge in [-0.2, -0.15) is 0 Å². The third-order valence-corrected chi connectivity index (χ3v) is 7.25. The van der Waals surface area contributed by atoms with E-state index in [1.54, 1.807) is 32.9 Å². The minimum absolute atomic E-state index is 0.0106. The number of ether oxygens (including phenoxy) is 1. The average molecular weight is 588 g/mol. The summed E-state index contributed by atoms with van der Waals surface area (Å²) in [4.78, 5) is 31.1. The lowest BCUT2D eigenvalue weighted by atomic mass is 10.0. The number of carbonyl (C=O) groups is 2. The molecule has 0 spiro atoms. The molecule has 0 atom stereocenters. The van der Waals surface area contributed by atoms with Gasteiger partial charge in [0.2, 0.25) is 0 Å². The number of furan rings is 2. The number of piperidine rings is 1. The number of likely N-dealkylation sites (tertiary alicyclic amines) is 1. The first-order valence-corrected chi connectivity index (χ1v) is 14.1. The SMILES string of the molecule is CC(C)(C)OC(=O)NCc1cc2cc(-c3ccc(C(=O)N4CCC(F)(F)CC4)cn3)cc(-c3cc4ccccc4o3)c2o1. The molecule has 4 heterocycles. The quantitative estimate of drug-likeness (QED) is 0.225. The summed E-state index contributed by atoms with van der Waals surface area (Å²) in [5, 5.41) is 4.43. The first-order chi connectivity index (χ1) is 20.4. The molecule has 1 aliphatic rings. The van der Waals surface area contributed by atoms with Crippen LogP contribution in [0.4, 0.5) is 13.6 Å². The van der Waals surface area contributed by atoms with Crippen LogP contribution < -0.4 is 5.32 Å².